The van der Waals surface area contributed by atoms with Crippen LogP contribution in [-0.2, 0) is 25.7 Å². The largest absolute Gasteiger partial charge is 1.00 e. The Labute approximate surface area is 188 Å². The molecule has 6 nitrogen and oxygen atoms in total. The summed E-state index contributed by atoms with van der Waals surface area (Å²) in [6.45, 7) is 3.25. The van der Waals surface area contributed by atoms with Gasteiger partial charge >= 0.3 is 41.7 Å². The van der Waals surface area contributed by atoms with Crippen LogP contribution in [0.1, 0.15) is 23.6 Å². The fourth-order valence-electron chi connectivity index (χ4n) is 2.08. The van der Waals surface area contributed by atoms with Crippen LogP contribution in [0.15, 0.2) is 58.5 Å². The molecule has 2 rings (SSSR count). The summed E-state index contributed by atoms with van der Waals surface area (Å²) in [6.07, 6.45) is -4.56. The fraction of sp³-hybridized carbons (Fsp3) is 0.222. The number of aryl methyl sites for hydroxylation is 1. The normalized spacial score (nSPS) is 12.1. The van der Waals surface area contributed by atoms with Gasteiger partial charge in [0.2, 0.25) is 0 Å². The van der Waals surface area contributed by atoms with E-state index in [-0.39, 0.29) is 46.6 Å². The molecular weight excluding hydrogens is 420 g/mol. The summed E-state index contributed by atoms with van der Waals surface area (Å²) in [5.41, 5.74) is -0.677. The van der Waals surface area contributed by atoms with E-state index in [2.05, 4.69) is 9.93 Å². The molecule has 0 fully saturated rings. The zero-order chi connectivity index (χ0) is 20.9. The topological polar surface area (TPSA) is 86.9 Å². The standard InChI is InChI=1S/C18H17F3N2O4S.Na/c1-3-27-17(24)16(13-6-8-14(9-7-13)18(19,20)21)22-23-28(25,26)15-10-4-12(2)5-11-15;/h4-11H,3H2,1-2H3,(H,23,24);/q;+1/p-1. The molecule has 2 aromatic carbocycles. The van der Waals surface area contributed by atoms with Gasteiger partial charge in [-0.1, -0.05) is 29.8 Å². The number of halogens is 3. The van der Waals surface area contributed by atoms with Crippen molar-refractivity contribution in [1.29, 1.82) is 0 Å². The summed E-state index contributed by atoms with van der Waals surface area (Å²) in [7, 11) is -4.21. The van der Waals surface area contributed by atoms with Crippen LogP contribution in [0, 0.1) is 6.92 Å². The van der Waals surface area contributed by atoms with Crippen LogP contribution < -0.4 is 29.6 Å². The minimum absolute atomic E-state index is 0. The molecule has 0 saturated heterocycles. The molecule has 29 heavy (non-hydrogen) atoms. The summed E-state index contributed by atoms with van der Waals surface area (Å²) in [4.78, 5) is 15.2. The van der Waals surface area contributed by atoms with Crippen LogP contribution in [0.4, 0.5) is 13.2 Å². The van der Waals surface area contributed by atoms with Gasteiger partial charge in [-0.15, -0.1) is 0 Å². The first kappa shape index (κ1) is 25.2. The van der Waals surface area contributed by atoms with Crippen LogP contribution in [0.5, 0.6) is 0 Å². The van der Waals surface area contributed by atoms with E-state index < -0.39 is 33.4 Å². The summed E-state index contributed by atoms with van der Waals surface area (Å²) in [5.74, 6) is -1.01. The molecule has 11 heteroatoms. The third-order valence-electron chi connectivity index (χ3n) is 3.52. The predicted molar refractivity (Wildman–Crippen MR) is 96.3 cm³/mol. The Morgan fingerprint density at radius 1 is 1.07 bits per heavy atom. The van der Waals surface area contributed by atoms with Gasteiger partial charge in [-0.05, 0) is 38.1 Å². The van der Waals surface area contributed by atoms with Crippen molar-refractivity contribution in [3.05, 3.63) is 70.1 Å². The van der Waals surface area contributed by atoms with E-state index in [9.17, 15) is 26.4 Å². The number of rotatable bonds is 6. The van der Waals surface area contributed by atoms with E-state index in [1.807, 2.05) is 0 Å². The van der Waals surface area contributed by atoms with E-state index >= 15 is 0 Å². The number of carbonyl (C=O) groups is 1. The molecule has 0 atom stereocenters. The molecule has 0 heterocycles. The number of alkyl halides is 3. The van der Waals surface area contributed by atoms with Gasteiger partial charge < -0.3 is 14.7 Å². The van der Waals surface area contributed by atoms with Crippen molar-refractivity contribution < 1.29 is 60.7 Å². The van der Waals surface area contributed by atoms with Crippen LogP contribution in [0.3, 0.4) is 0 Å². The minimum Gasteiger partial charge on any atom is -0.490 e. The Bertz CT molecular complexity index is 974. The van der Waals surface area contributed by atoms with E-state index in [1.54, 1.807) is 19.1 Å². The molecule has 0 aliphatic rings. The smallest absolute Gasteiger partial charge is 0.490 e. The molecule has 0 amide bonds. The summed E-state index contributed by atoms with van der Waals surface area (Å²) < 4.78 is 67.4. The zero-order valence-electron chi connectivity index (χ0n) is 15.9. The quantitative estimate of drug-likeness (QED) is 0.293. The van der Waals surface area contributed by atoms with Crippen molar-refractivity contribution in [2.24, 2.45) is 5.10 Å². The predicted octanol–water partition coefficient (Wildman–Crippen LogP) is 1.05. The third kappa shape index (κ3) is 6.84. The number of ether oxygens (including phenoxy) is 1. The maximum Gasteiger partial charge on any atom is 1.00 e. The number of nitrogens with zero attached hydrogens (tertiary/aromatic N) is 2. The first-order valence-electron chi connectivity index (χ1n) is 8.01. The van der Waals surface area contributed by atoms with Gasteiger partial charge in [-0.2, -0.15) is 13.2 Å². The molecule has 0 aromatic heterocycles. The molecule has 0 N–H and O–H groups in total. The Kier molecular flexibility index (Phi) is 8.88. The summed E-state index contributed by atoms with van der Waals surface area (Å²) >= 11 is 0. The Morgan fingerprint density at radius 3 is 2.10 bits per heavy atom. The average Bonchev–Trinajstić information content (AvgIpc) is 2.62. The SMILES string of the molecule is CCOC(=O)/C(=N\[N-]S(=O)(=O)c1ccc(C)cc1)c1ccc(C(F)(F)F)cc1.[Na+]. The number of carbonyl (C=O) groups excluding carboxylic acids is 1. The molecule has 0 radical (unpaired) electrons. The monoisotopic (exact) mass is 436 g/mol. The van der Waals surface area contributed by atoms with Crippen LogP contribution in [0.25, 0.3) is 4.83 Å². The van der Waals surface area contributed by atoms with Crippen molar-refractivity contribution in [2.75, 3.05) is 6.61 Å². The molecule has 0 unspecified atom stereocenters. The maximum atomic E-state index is 12.7. The second-order valence-corrected chi connectivity index (χ2v) is 7.20. The van der Waals surface area contributed by atoms with Crippen LogP contribution in [-0.4, -0.2) is 26.7 Å². The number of esters is 1. The van der Waals surface area contributed by atoms with Crippen molar-refractivity contribution >= 4 is 21.7 Å². The van der Waals surface area contributed by atoms with Crippen LogP contribution in [0.2, 0.25) is 0 Å². The van der Waals surface area contributed by atoms with Gasteiger partial charge in [-0.3, -0.25) is 0 Å². The molecule has 150 valence electrons. The van der Waals surface area contributed by atoms with Crippen LogP contribution >= 0.6 is 0 Å². The van der Waals surface area contributed by atoms with Crippen molar-refractivity contribution in [3.8, 4) is 0 Å². The Hall–Kier alpha value is -1.88. The second-order valence-electron chi connectivity index (χ2n) is 5.61. The molecule has 0 aliphatic heterocycles. The molecular formula is C18H16F3N2NaO4S. The van der Waals surface area contributed by atoms with Gasteiger partial charge in [0.25, 0.3) is 0 Å². The number of sulfonamides is 1. The molecule has 0 bridgehead atoms. The molecule has 2 aromatic rings. The number of hydrogen-bond acceptors (Lipinski definition) is 5. The van der Waals surface area contributed by atoms with Gasteiger partial charge in [0.15, 0.2) is 0 Å². The first-order chi connectivity index (χ1) is 13.0. The van der Waals surface area contributed by atoms with E-state index in [1.165, 1.54) is 19.1 Å². The minimum atomic E-state index is -4.56. The summed E-state index contributed by atoms with van der Waals surface area (Å²) in [6, 6.07) is 9.26. The van der Waals surface area contributed by atoms with Crippen molar-refractivity contribution in [1.82, 2.24) is 0 Å². The molecule has 0 spiro atoms. The fourth-order valence-corrected chi connectivity index (χ4v) is 2.85. The van der Waals surface area contributed by atoms with E-state index in [4.69, 9.17) is 4.74 Å². The zero-order valence-corrected chi connectivity index (χ0v) is 18.7. The average molecular weight is 436 g/mol. The number of benzene rings is 2. The first-order valence-corrected chi connectivity index (χ1v) is 9.45. The van der Waals surface area contributed by atoms with Gasteiger partial charge in [0, 0.05) is 5.56 Å². The van der Waals surface area contributed by atoms with Crippen molar-refractivity contribution in [2.45, 2.75) is 24.9 Å². The molecule has 0 aliphatic carbocycles. The maximum absolute atomic E-state index is 12.7. The Morgan fingerprint density at radius 2 is 1.62 bits per heavy atom. The van der Waals surface area contributed by atoms with E-state index in [0.29, 0.717) is 0 Å². The second kappa shape index (κ2) is 10.2. The summed E-state index contributed by atoms with van der Waals surface area (Å²) in [5, 5.41) is 3.47. The van der Waals surface area contributed by atoms with Gasteiger partial charge in [0.05, 0.1) is 17.1 Å². The Balaban J connectivity index is 0.00000420. The van der Waals surface area contributed by atoms with Gasteiger partial charge in [-0.25, -0.2) is 13.2 Å². The van der Waals surface area contributed by atoms with E-state index in [0.717, 1.165) is 29.8 Å². The van der Waals surface area contributed by atoms with Crippen molar-refractivity contribution in [3.63, 3.8) is 0 Å². The third-order valence-corrected chi connectivity index (χ3v) is 4.69. The van der Waals surface area contributed by atoms with Gasteiger partial charge in [0.1, 0.15) is 15.7 Å². The number of hydrogen-bond donors (Lipinski definition) is 0. The molecule has 0 saturated carbocycles.